The van der Waals surface area contributed by atoms with Gasteiger partial charge in [-0.05, 0) is 6.07 Å². The first-order valence-corrected chi connectivity index (χ1v) is 7.46. The number of nitrogens with one attached hydrogen (secondary N) is 1. The number of para-hydroxylation sites is 1. The Hall–Kier alpha value is -2.48. The van der Waals surface area contributed by atoms with Crippen molar-refractivity contribution >= 4 is 28.3 Å². The van der Waals surface area contributed by atoms with Crippen LogP contribution in [0.1, 0.15) is 18.1 Å². The number of aromatic nitrogens is 2. The van der Waals surface area contributed by atoms with Gasteiger partial charge in [0.25, 0.3) is 0 Å². The van der Waals surface area contributed by atoms with Crippen LogP contribution in [0.3, 0.4) is 0 Å². The summed E-state index contributed by atoms with van der Waals surface area (Å²) in [5.41, 5.74) is 2.19. The predicted octanol–water partition coefficient (Wildman–Crippen LogP) is 1.79. The van der Waals surface area contributed by atoms with Crippen LogP contribution in [-0.4, -0.2) is 29.2 Å². The zero-order valence-corrected chi connectivity index (χ0v) is 12.5. The largest absolute Gasteiger partial charge is 0.496 e. The molecule has 1 aliphatic rings. The van der Waals surface area contributed by atoms with Gasteiger partial charge in [0.05, 0.1) is 19.4 Å². The molecular weight excluding hydrogens is 306 g/mol. The number of carbonyl (C=O) groups excluding carboxylic acids is 2. The molecule has 1 fully saturated rings. The molecule has 0 aliphatic carbocycles. The number of anilines is 1. The van der Waals surface area contributed by atoms with E-state index in [0.717, 1.165) is 0 Å². The van der Waals surface area contributed by atoms with Gasteiger partial charge in [-0.15, -0.1) is 10.2 Å². The van der Waals surface area contributed by atoms with Crippen molar-refractivity contribution in [3.63, 3.8) is 0 Å². The summed E-state index contributed by atoms with van der Waals surface area (Å²) >= 11 is 1.21. The summed E-state index contributed by atoms with van der Waals surface area (Å²) in [5, 5.41) is 10.5. The molecule has 1 aromatic carbocycles. The number of nitrogens with zero attached hydrogens (tertiary/aromatic N) is 2. The summed E-state index contributed by atoms with van der Waals surface area (Å²) in [7, 11) is 1.53. The zero-order chi connectivity index (χ0) is 15.5. The lowest BCUT2D eigenvalue weighted by Gasteiger charge is -2.19. The molecule has 0 radical (unpaired) electrons. The van der Waals surface area contributed by atoms with E-state index in [-0.39, 0.29) is 12.3 Å². The van der Waals surface area contributed by atoms with E-state index in [1.165, 1.54) is 24.0 Å². The molecule has 8 heteroatoms. The third-order valence-corrected chi connectivity index (χ3v) is 3.99. The fraction of sp³-hybridized carbons (Fsp3) is 0.286. The molecule has 1 aliphatic heterocycles. The SMILES string of the molecule is COc1ccccc1C1OC(=O)C[C@H]1C(=O)Nc1nncs1. The van der Waals surface area contributed by atoms with Crippen LogP contribution in [0.4, 0.5) is 5.13 Å². The Kier molecular flexibility index (Phi) is 4.01. The number of carbonyl (C=O) groups is 2. The number of amides is 1. The molecule has 2 heterocycles. The Morgan fingerprint density at radius 3 is 3.00 bits per heavy atom. The second kappa shape index (κ2) is 6.10. The summed E-state index contributed by atoms with van der Waals surface area (Å²) < 4.78 is 10.6. The Bertz CT molecular complexity index is 689. The molecule has 2 aromatic rings. The Labute approximate surface area is 130 Å². The number of hydrogen-bond donors (Lipinski definition) is 1. The summed E-state index contributed by atoms with van der Waals surface area (Å²) in [6, 6.07) is 7.17. The van der Waals surface area contributed by atoms with E-state index in [1.54, 1.807) is 12.1 Å². The van der Waals surface area contributed by atoms with Gasteiger partial charge in [-0.1, -0.05) is 29.5 Å². The highest BCUT2D eigenvalue weighted by Crippen LogP contribution is 2.40. The molecular formula is C14H13N3O4S. The monoisotopic (exact) mass is 319 g/mol. The topological polar surface area (TPSA) is 90.4 Å². The van der Waals surface area contributed by atoms with Crippen molar-refractivity contribution in [3.05, 3.63) is 35.3 Å². The van der Waals surface area contributed by atoms with Gasteiger partial charge in [0.1, 0.15) is 17.4 Å². The second-order valence-corrected chi connectivity index (χ2v) is 5.53. The van der Waals surface area contributed by atoms with Crippen LogP contribution in [0.2, 0.25) is 0 Å². The smallest absolute Gasteiger partial charge is 0.307 e. The first-order valence-electron chi connectivity index (χ1n) is 6.58. The minimum atomic E-state index is -0.670. The van der Waals surface area contributed by atoms with Crippen LogP contribution in [0.5, 0.6) is 5.75 Å². The molecule has 114 valence electrons. The lowest BCUT2D eigenvalue weighted by molar-refractivity contribution is -0.141. The average molecular weight is 319 g/mol. The molecule has 0 spiro atoms. The van der Waals surface area contributed by atoms with Gasteiger partial charge >= 0.3 is 5.97 Å². The fourth-order valence-corrected chi connectivity index (χ4v) is 2.84. The van der Waals surface area contributed by atoms with Gasteiger partial charge in [0.15, 0.2) is 0 Å². The van der Waals surface area contributed by atoms with Crippen molar-refractivity contribution in [2.45, 2.75) is 12.5 Å². The van der Waals surface area contributed by atoms with E-state index in [9.17, 15) is 9.59 Å². The summed E-state index contributed by atoms with van der Waals surface area (Å²) in [4.78, 5) is 24.1. The molecule has 3 rings (SSSR count). The number of ether oxygens (including phenoxy) is 2. The van der Waals surface area contributed by atoms with Crippen molar-refractivity contribution in [1.29, 1.82) is 0 Å². The maximum Gasteiger partial charge on any atom is 0.307 e. The molecule has 1 amide bonds. The molecule has 1 unspecified atom stereocenters. The van der Waals surface area contributed by atoms with E-state index in [4.69, 9.17) is 9.47 Å². The van der Waals surface area contributed by atoms with Gasteiger partial charge in [0.2, 0.25) is 11.0 Å². The molecule has 1 N–H and O–H groups in total. The third kappa shape index (κ3) is 2.77. The van der Waals surface area contributed by atoms with Crippen LogP contribution >= 0.6 is 11.3 Å². The highest BCUT2D eigenvalue weighted by Gasteiger charge is 2.42. The van der Waals surface area contributed by atoms with Crippen LogP contribution in [0.15, 0.2) is 29.8 Å². The number of benzene rings is 1. The third-order valence-electron chi connectivity index (χ3n) is 3.38. The van der Waals surface area contributed by atoms with Crippen molar-refractivity contribution in [2.75, 3.05) is 12.4 Å². The highest BCUT2D eigenvalue weighted by atomic mass is 32.1. The fourth-order valence-electron chi connectivity index (χ4n) is 2.40. The second-order valence-electron chi connectivity index (χ2n) is 4.70. The number of methoxy groups -OCH3 is 1. The van der Waals surface area contributed by atoms with Crippen molar-refractivity contribution in [3.8, 4) is 5.75 Å². The maximum atomic E-state index is 12.4. The molecule has 22 heavy (non-hydrogen) atoms. The first-order chi connectivity index (χ1) is 10.7. The van der Waals surface area contributed by atoms with E-state index < -0.39 is 18.0 Å². The normalized spacial score (nSPS) is 20.5. The summed E-state index contributed by atoms with van der Waals surface area (Å²) in [6.45, 7) is 0. The quantitative estimate of drug-likeness (QED) is 0.864. The molecule has 2 atom stereocenters. The zero-order valence-electron chi connectivity index (χ0n) is 11.7. The number of rotatable bonds is 4. The van der Waals surface area contributed by atoms with Gasteiger partial charge in [-0.3, -0.25) is 9.59 Å². The van der Waals surface area contributed by atoms with Crippen LogP contribution in [0.25, 0.3) is 0 Å². The highest BCUT2D eigenvalue weighted by molar-refractivity contribution is 7.13. The number of esters is 1. The van der Waals surface area contributed by atoms with Crippen molar-refractivity contribution in [2.24, 2.45) is 5.92 Å². The summed E-state index contributed by atoms with van der Waals surface area (Å²) in [6.07, 6.45) is -0.649. The van der Waals surface area contributed by atoms with E-state index >= 15 is 0 Å². The lowest BCUT2D eigenvalue weighted by atomic mass is 9.94. The number of cyclic esters (lactones) is 1. The van der Waals surface area contributed by atoms with Gasteiger partial charge in [0, 0.05) is 5.56 Å². The first kappa shape index (κ1) is 14.5. The minimum absolute atomic E-state index is 0.0212. The molecule has 1 saturated heterocycles. The Morgan fingerprint density at radius 1 is 1.45 bits per heavy atom. The van der Waals surface area contributed by atoms with E-state index in [0.29, 0.717) is 16.4 Å². The van der Waals surface area contributed by atoms with Crippen molar-refractivity contribution < 1.29 is 19.1 Å². The molecule has 1 aromatic heterocycles. The molecule has 7 nitrogen and oxygen atoms in total. The van der Waals surface area contributed by atoms with Gasteiger partial charge in [-0.2, -0.15) is 0 Å². The summed E-state index contributed by atoms with van der Waals surface area (Å²) in [5.74, 6) is -0.782. The van der Waals surface area contributed by atoms with Crippen LogP contribution < -0.4 is 10.1 Å². The van der Waals surface area contributed by atoms with Crippen molar-refractivity contribution in [1.82, 2.24) is 10.2 Å². The standard InChI is InChI=1S/C14H13N3O4S/c1-20-10-5-3-2-4-8(10)12-9(6-11(18)21-12)13(19)16-14-17-15-7-22-14/h2-5,7,9,12H,6H2,1H3,(H,16,17,19)/t9-,12?/m1/s1. The average Bonchev–Trinajstić information content (AvgIpc) is 3.16. The van der Waals surface area contributed by atoms with E-state index in [2.05, 4.69) is 15.5 Å². The molecule has 0 bridgehead atoms. The minimum Gasteiger partial charge on any atom is -0.496 e. The molecule has 0 saturated carbocycles. The number of hydrogen-bond acceptors (Lipinski definition) is 7. The predicted molar refractivity (Wildman–Crippen MR) is 78.5 cm³/mol. The van der Waals surface area contributed by atoms with E-state index in [1.807, 2.05) is 12.1 Å². The van der Waals surface area contributed by atoms with Crippen LogP contribution in [0, 0.1) is 5.92 Å². The van der Waals surface area contributed by atoms with Gasteiger partial charge in [-0.25, -0.2) is 0 Å². The van der Waals surface area contributed by atoms with Gasteiger partial charge < -0.3 is 14.8 Å². The Morgan fingerprint density at radius 2 is 2.27 bits per heavy atom. The lowest BCUT2D eigenvalue weighted by Crippen LogP contribution is -2.25. The Balaban J connectivity index is 1.86. The van der Waals surface area contributed by atoms with Crippen LogP contribution in [-0.2, 0) is 14.3 Å². The maximum absolute atomic E-state index is 12.4.